The number of halogens is 1. The van der Waals surface area contributed by atoms with E-state index in [0.29, 0.717) is 11.4 Å². The second-order valence-corrected chi connectivity index (χ2v) is 6.92. The molecule has 0 aliphatic rings. The molecule has 118 valence electrons. The van der Waals surface area contributed by atoms with Gasteiger partial charge in [0.05, 0.1) is 5.39 Å². The molecule has 2 aromatic heterocycles. The molecule has 1 atom stereocenters. The maximum absolute atomic E-state index is 13.1. The minimum absolute atomic E-state index is 0.295. The third-order valence-corrected chi connectivity index (χ3v) is 5.63. The number of hydrogen-bond donors (Lipinski definition) is 1. The highest BCUT2D eigenvalue weighted by Crippen LogP contribution is 2.39. The average Bonchev–Trinajstić information content (AvgIpc) is 2.98. The molecular formula is C16H13FN2O2S2. The number of benzene rings is 1. The molecule has 0 saturated carbocycles. The Morgan fingerprint density at radius 3 is 2.74 bits per heavy atom. The van der Waals surface area contributed by atoms with Crippen LogP contribution < -0.4 is 0 Å². The molecule has 0 aliphatic heterocycles. The molecule has 4 nitrogen and oxygen atoms in total. The lowest BCUT2D eigenvalue weighted by Crippen LogP contribution is -2.15. The summed E-state index contributed by atoms with van der Waals surface area (Å²) in [6, 6.07) is 6.21. The number of nitrogens with zero attached hydrogens (tertiary/aromatic N) is 2. The molecule has 2 heterocycles. The molecule has 1 aromatic carbocycles. The molecule has 7 heteroatoms. The van der Waals surface area contributed by atoms with E-state index in [1.54, 1.807) is 12.1 Å². The molecular weight excluding hydrogens is 335 g/mol. The van der Waals surface area contributed by atoms with E-state index in [4.69, 9.17) is 0 Å². The smallest absolute Gasteiger partial charge is 0.317 e. The largest absolute Gasteiger partial charge is 0.480 e. The van der Waals surface area contributed by atoms with E-state index in [0.717, 1.165) is 21.3 Å². The van der Waals surface area contributed by atoms with Gasteiger partial charge in [-0.05, 0) is 24.1 Å². The Morgan fingerprint density at radius 1 is 1.35 bits per heavy atom. The van der Waals surface area contributed by atoms with Gasteiger partial charge < -0.3 is 5.11 Å². The van der Waals surface area contributed by atoms with Crippen molar-refractivity contribution in [3.8, 4) is 11.1 Å². The quantitative estimate of drug-likeness (QED) is 0.545. The molecule has 1 N–H and O–H groups in total. The van der Waals surface area contributed by atoms with Crippen LogP contribution in [0.3, 0.4) is 0 Å². The first-order chi connectivity index (χ1) is 11.1. The van der Waals surface area contributed by atoms with Crippen LogP contribution in [0.4, 0.5) is 4.39 Å². The number of aromatic nitrogens is 2. The van der Waals surface area contributed by atoms with E-state index in [1.807, 2.05) is 12.3 Å². The Balaban J connectivity index is 2.10. The predicted octanol–water partition coefficient (Wildman–Crippen LogP) is 4.45. The van der Waals surface area contributed by atoms with Crippen molar-refractivity contribution in [1.29, 1.82) is 0 Å². The standard InChI is InChI=1S/C16H13FN2O2S2/c1-2-12(16(20)21)23-15-13-11(7-22-14(13)18-8-19-15)9-3-5-10(17)6-4-9/h3-8,12H,2H2,1H3,(H,20,21)/t12-/m0/s1. The van der Waals surface area contributed by atoms with Gasteiger partial charge in [-0.15, -0.1) is 11.3 Å². The van der Waals surface area contributed by atoms with Crippen molar-refractivity contribution < 1.29 is 14.3 Å². The molecule has 0 bridgehead atoms. The van der Waals surface area contributed by atoms with Crippen LogP contribution in [0, 0.1) is 5.82 Å². The average molecular weight is 348 g/mol. The van der Waals surface area contributed by atoms with Gasteiger partial charge in [0.15, 0.2) is 0 Å². The fourth-order valence-electron chi connectivity index (χ4n) is 2.22. The molecule has 0 amide bonds. The van der Waals surface area contributed by atoms with Gasteiger partial charge in [0.25, 0.3) is 0 Å². The van der Waals surface area contributed by atoms with Crippen molar-refractivity contribution in [2.45, 2.75) is 23.6 Å². The molecule has 0 spiro atoms. The van der Waals surface area contributed by atoms with Crippen molar-refractivity contribution in [1.82, 2.24) is 9.97 Å². The third kappa shape index (κ3) is 3.20. The highest BCUT2D eigenvalue weighted by molar-refractivity contribution is 8.00. The van der Waals surface area contributed by atoms with E-state index in [-0.39, 0.29) is 5.82 Å². The lowest BCUT2D eigenvalue weighted by Gasteiger charge is -2.10. The Kier molecular flexibility index (Phi) is 4.58. The SMILES string of the molecule is CC[C@H](Sc1ncnc2scc(-c3ccc(F)cc3)c12)C(=O)O. The highest BCUT2D eigenvalue weighted by Gasteiger charge is 2.21. The number of fused-ring (bicyclic) bond motifs is 1. The molecule has 0 fully saturated rings. The number of rotatable bonds is 5. The van der Waals surface area contributed by atoms with Crippen LogP contribution in [0.15, 0.2) is 41.0 Å². The second-order valence-electron chi connectivity index (χ2n) is 4.87. The molecule has 0 saturated heterocycles. The van der Waals surface area contributed by atoms with Crippen LogP contribution in [0.5, 0.6) is 0 Å². The van der Waals surface area contributed by atoms with Gasteiger partial charge >= 0.3 is 5.97 Å². The maximum Gasteiger partial charge on any atom is 0.317 e. The number of thiophene rings is 1. The number of carboxylic acid groups (broad SMARTS) is 1. The summed E-state index contributed by atoms with van der Waals surface area (Å²) < 4.78 is 13.1. The Bertz CT molecular complexity index is 849. The lowest BCUT2D eigenvalue weighted by molar-refractivity contribution is -0.136. The summed E-state index contributed by atoms with van der Waals surface area (Å²) in [5.41, 5.74) is 1.76. The van der Waals surface area contributed by atoms with Gasteiger partial charge in [-0.3, -0.25) is 4.79 Å². The first kappa shape index (κ1) is 15.9. The maximum atomic E-state index is 13.1. The van der Waals surface area contributed by atoms with Crippen molar-refractivity contribution in [2.24, 2.45) is 0 Å². The van der Waals surface area contributed by atoms with Gasteiger partial charge in [0.1, 0.15) is 27.3 Å². The van der Waals surface area contributed by atoms with Gasteiger partial charge in [-0.2, -0.15) is 0 Å². The molecule has 0 aliphatic carbocycles. The van der Waals surface area contributed by atoms with Gasteiger partial charge in [-0.1, -0.05) is 30.8 Å². The molecule has 0 unspecified atom stereocenters. The summed E-state index contributed by atoms with van der Waals surface area (Å²) in [4.78, 5) is 20.6. The highest BCUT2D eigenvalue weighted by atomic mass is 32.2. The number of carboxylic acids is 1. The van der Waals surface area contributed by atoms with Crippen LogP contribution in [0.2, 0.25) is 0 Å². The van der Waals surface area contributed by atoms with Crippen molar-refractivity contribution in [2.75, 3.05) is 0 Å². The van der Waals surface area contributed by atoms with Crippen LogP contribution in [0.25, 0.3) is 21.3 Å². The summed E-state index contributed by atoms with van der Waals surface area (Å²) >= 11 is 2.69. The molecule has 0 radical (unpaired) electrons. The summed E-state index contributed by atoms with van der Waals surface area (Å²) in [5, 5.41) is 12.1. The fourth-order valence-corrected chi connectivity index (χ4v) is 4.17. The summed E-state index contributed by atoms with van der Waals surface area (Å²) in [6.45, 7) is 1.83. The number of aliphatic carboxylic acids is 1. The molecule has 23 heavy (non-hydrogen) atoms. The lowest BCUT2D eigenvalue weighted by atomic mass is 10.1. The zero-order valence-corrected chi connectivity index (χ0v) is 13.8. The van der Waals surface area contributed by atoms with Crippen LogP contribution in [0.1, 0.15) is 13.3 Å². The molecule has 3 aromatic rings. The van der Waals surface area contributed by atoms with Crippen molar-refractivity contribution in [3.05, 3.63) is 41.8 Å². The number of thioether (sulfide) groups is 1. The van der Waals surface area contributed by atoms with E-state index in [2.05, 4.69) is 9.97 Å². The Labute approximate surface area is 140 Å². The molecule has 3 rings (SSSR count). The van der Waals surface area contributed by atoms with Gasteiger partial charge in [0, 0.05) is 10.9 Å². The zero-order chi connectivity index (χ0) is 16.4. The van der Waals surface area contributed by atoms with E-state index < -0.39 is 11.2 Å². The second kappa shape index (κ2) is 6.64. The zero-order valence-electron chi connectivity index (χ0n) is 12.2. The van der Waals surface area contributed by atoms with Crippen molar-refractivity contribution >= 4 is 39.3 Å². The Morgan fingerprint density at radius 2 is 2.09 bits per heavy atom. The van der Waals surface area contributed by atoms with Crippen LogP contribution in [-0.2, 0) is 4.79 Å². The van der Waals surface area contributed by atoms with Gasteiger partial charge in [0.2, 0.25) is 0 Å². The van der Waals surface area contributed by atoms with Crippen LogP contribution in [-0.4, -0.2) is 26.3 Å². The minimum Gasteiger partial charge on any atom is -0.480 e. The van der Waals surface area contributed by atoms with E-state index in [1.165, 1.54) is 41.6 Å². The topological polar surface area (TPSA) is 63.1 Å². The Hall–Kier alpha value is -1.99. The fraction of sp³-hybridized carbons (Fsp3) is 0.188. The van der Waals surface area contributed by atoms with E-state index >= 15 is 0 Å². The number of carbonyl (C=O) groups is 1. The minimum atomic E-state index is -0.858. The summed E-state index contributed by atoms with van der Waals surface area (Å²) in [5.74, 6) is -1.15. The van der Waals surface area contributed by atoms with Crippen LogP contribution >= 0.6 is 23.1 Å². The summed E-state index contributed by atoms with van der Waals surface area (Å²) in [7, 11) is 0. The monoisotopic (exact) mass is 348 g/mol. The predicted molar refractivity (Wildman–Crippen MR) is 90.4 cm³/mol. The number of hydrogen-bond acceptors (Lipinski definition) is 5. The first-order valence-corrected chi connectivity index (χ1v) is 8.73. The normalized spacial score (nSPS) is 12.4. The van der Waals surface area contributed by atoms with E-state index in [9.17, 15) is 14.3 Å². The van der Waals surface area contributed by atoms with Crippen molar-refractivity contribution in [3.63, 3.8) is 0 Å². The summed E-state index contributed by atoms with van der Waals surface area (Å²) in [6.07, 6.45) is 1.95. The third-order valence-electron chi connectivity index (χ3n) is 3.39. The first-order valence-electron chi connectivity index (χ1n) is 6.97. The van der Waals surface area contributed by atoms with Gasteiger partial charge in [-0.25, -0.2) is 14.4 Å².